The van der Waals surface area contributed by atoms with Crippen LogP contribution in [0.4, 0.5) is 4.39 Å². The van der Waals surface area contributed by atoms with Crippen LogP contribution in [0.2, 0.25) is 0 Å². The van der Waals surface area contributed by atoms with Gasteiger partial charge in [-0.1, -0.05) is 0 Å². The monoisotopic (exact) mass is 397 g/mol. The molecule has 1 aromatic heterocycles. The highest BCUT2D eigenvalue weighted by atomic mass is 19.1. The van der Waals surface area contributed by atoms with Crippen LogP contribution in [0.25, 0.3) is 5.69 Å². The van der Waals surface area contributed by atoms with Gasteiger partial charge in [0, 0.05) is 23.4 Å². The second-order valence-corrected chi connectivity index (χ2v) is 6.91. The van der Waals surface area contributed by atoms with E-state index >= 15 is 0 Å². The molecule has 0 amide bonds. The fourth-order valence-corrected chi connectivity index (χ4v) is 3.92. The molecular formula is C23H26FN2O3+. The minimum absolute atomic E-state index is 0.0120. The third-order valence-corrected chi connectivity index (χ3v) is 5.21. The van der Waals surface area contributed by atoms with Gasteiger partial charge in [0.25, 0.3) is 0 Å². The van der Waals surface area contributed by atoms with Crippen molar-refractivity contribution in [2.45, 2.75) is 26.4 Å². The molecule has 4 rings (SSSR count). The molecule has 0 radical (unpaired) electrons. The molecule has 152 valence electrons. The molecule has 0 fully saturated rings. The van der Waals surface area contributed by atoms with Crippen LogP contribution in [0.5, 0.6) is 17.2 Å². The van der Waals surface area contributed by atoms with Crippen LogP contribution in [0.15, 0.2) is 48.7 Å². The van der Waals surface area contributed by atoms with Crippen LogP contribution in [0.3, 0.4) is 0 Å². The number of aromatic nitrogens is 1. The molecular weight excluding hydrogens is 371 g/mol. The first-order chi connectivity index (χ1) is 14.2. The maximum absolute atomic E-state index is 13.9. The molecule has 1 aliphatic heterocycles. The lowest BCUT2D eigenvalue weighted by molar-refractivity contribution is -0.702. The first kappa shape index (κ1) is 19.3. The van der Waals surface area contributed by atoms with Crippen molar-refractivity contribution in [2.24, 2.45) is 0 Å². The van der Waals surface area contributed by atoms with Crippen molar-refractivity contribution in [1.82, 2.24) is 4.57 Å². The Hall–Kier alpha value is -2.99. The Morgan fingerprint density at radius 2 is 1.79 bits per heavy atom. The van der Waals surface area contributed by atoms with E-state index in [1.165, 1.54) is 13.2 Å². The molecule has 5 nitrogen and oxygen atoms in total. The van der Waals surface area contributed by atoms with Crippen LogP contribution in [0, 0.1) is 5.82 Å². The van der Waals surface area contributed by atoms with Gasteiger partial charge in [0.2, 0.25) is 0 Å². The zero-order valence-corrected chi connectivity index (χ0v) is 16.9. The largest absolute Gasteiger partial charge is 0.494 e. The SMILES string of the molecule is CCOc1cc2c(cc1OCC)-n1cccc1C(c1ccc(F)c(OC)c1)[NH2+]C2. The van der Waals surface area contributed by atoms with E-state index in [2.05, 4.69) is 34.3 Å². The molecule has 1 atom stereocenters. The standard InChI is InChI=1S/C23H25FN2O3/c1-4-28-21-12-16-14-25-23(15-8-9-17(24)20(11-15)27-3)18-7-6-10-26(18)19(16)13-22(21)29-5-2/h6-13,23,25H,4-5,14H2,1-3H3/p+1. The van der Waals surface area contributed by atoms with Crippen LogP contribution >= 0.6 is 0 Å². The first-order valence-electron chi connectivity index (χ1n) is 9.93. The van der Waals surface area contributed by atoms with Crippen molar-refractivity contribution >= 4 is 0 Å². The van der Waals surface area contributed by atoms with E-state index in [4.69, 9.17) is 14.2 Å². The molecule has 2 aromatic carbocycles. The smallest absolute Gasteiger partial charge is 0.165 e. The van der Waals surface area contributed by atoms with E-state index < -0.39 is 0 Å². The Balaban J connectivity index is 1.81. The van der Waals surface area contributed by atoms with Crippen molar-refractivity contribution in [3.63, 3.8) is 0 Å². The summed E-state index contributed by atoms with van der Waals surface area (Å²) in [5.74, 6) is 1.41. The molecule has 2 N–H and O–H groups in total. The number of benzene rings is 2. The van der Waals surface area contributed by atoms with E-state index in [0.29, 0.717) is 13.2 Å². The van der Waals surface area contributed by atoms with Gasteiger partial charge in [-0.25, -0.2) is 4.39 Å². The molecule has 6 heteroatoms. The number of nitrogens with two attached hydrogens (primary N) is 1. The Bertz CT molecular complexity index is 1020. The van der Waals surface area contributed by atoms with E-state index in [9.17, 15) is 4.39 Å². The van der Waals surface area contributed by atoms with Gasteiger partial charge in [-0.15, -0.1) is 0 Å². The van der Waals surface area contributed by atoms with E-state index in [1.54, 1.807) is 6.07 Å². The van der Waals surface area contributed by atoms with Gasteiger partial charge in [0.15, 0.2) is 29.1 Å². The van der Waals surface area contributed by atoms with Gasteiger partial charge >= 0.3 is 0 Å². The van der Waals surface area contributed by atoms with Gasteiger partial charge in [0.1, 0.15) is 6.54 Å². The number of ether oxygens (including phenoxy) is 3. The van der Waals surface area contributed by atoms with Crippen molar-refractivity contribution in [3.05, 3.63) is 71.3 Å². The van der Waals surface area contributed by atoms with Crippen molar-refractivity contribution in [3.8, 4) is 22.9 Å². The zero-order valence-electron chi connectivity index (χ0n) is 16.9. The number of rotatable bonds is 6. The maximum Gasteiger partial charge on any atom is 0.165 e. The number of hydrogen-bond acceptors (Lipinski definition) is 3. The van der Waals surface area contributed by atoms with E-state index in [-0.39, 0.29) is 17.6 Å². The molecule has 0 bridgehead atoms. The molecule has 1 aliphatic rings. The third-order valence-electron chi connectivity index (χ3n) is 5.21. The van der Waals surface area contributed by atoms with Gasteiger partial charge in [-0.3, -0.25) is 0 Å². The van der Waals surface area contributed by atoms with Crippen LogP contribution in [-0.2, 0) is 6.54 Å². The first-order valence-corrected chi connectivity index (χ1v) is 9.93. The fraction of sp³-hybridized carbons (Fsp3) is 0.304. The summed E-state index contributed by atoms with van der Waals surface area (Å²) in [4.78, 5) is 0. The molecule has 1 unspecified atom stereocenters. The van der Waals surface area contributed by atoms with Gasteiger partial charge in [-0.05, 0) is 50.2 Å². The summed E-state index contributed by atoms with van der Waals surface area (Å²) in [5, 5.41) is 2.25. The topological polar surface area (TPSA) is 49.2 Å². The summed E-state index contributed by atoms with van der Waals surface area (Å²) in [6, 6.07) is 13.3. The summed E-state index contributed by atoms with van der Waals surface area (Å²) in [6.07, 6.45) is 2.05. The lowest BCUT2D eigenvalue weighted by Gasteiger charge is -2.16. The number of quaternary nitrogens is 1. The van der Waals surface area contributed by atoms with Crippen molar-refractivity contribution < 1.29 is 23.9 Å². The number of hydrogen-bond donors (Lipinski definition) is 1. The highest BCUT2D eigenvalue weighted by Gasteiger charge is 2.28. The van der Waals surface area contributed by atoms with Crippen LogP contribution in [0.1, 0.15) is 36.7 Å². The summed E-state index contributed by atoms with van der Waals surface area (Å²) >= 11 is 0. The normalized spacial score (nSPS) is 15.2. The molecule has 0 saturated heterocycles. The summed E-state index contributed by atoms with van der Waals surface area (Å²) in [5.41, 5.74) is 4.34. The number of methoxy groups -OCH3 is 1. The fourth-order valence-electron chi connectivity index (χ4n) is 3.92. The van der Waals surface area contributed by atoms with Gasteiger partial charge in [0.05, 0.1) is 31.7 Å². The summed E-state index contributed by atoms with van der Waals surface area (Å²) in [7, 11) is 1.49. The summed E-state index contributed by atoms with van der Waals surface area (Å²) in [6.45, 7) is 5.84. The average Bonchev–Trinajstić information content (AvgIpc) is 3.15. The van der Waals surface area contributed by atoms with Crippen LogP contribution in [-0.4, -0.2) is 24.9 Å². The minimum Gasteiger partial charge on any atom is -0.494 e. The zero-order chi connectivity index (χ0) is 20.4. The van der Waals surface area contributed by atoms with Gasteiger partial charge in [-0.2, -0.15) is 0 Å². The minimum atomic E-state index is -0.355. The molecule has 0 aliphatic carbocycles. The predicted molar refractivity (Wildman–Crippen MR) is 109 cm³/mol. The number of halogens is 1. The number of nitrogens with zero attached hydrogens (tertiary/aromatic N) is 1. The molecule has 0 spiro atoms. The average molecular weight is 397 g/mol. The highest BCUT2D eigenvalue weighted by Crippen LogP contribution is 2.36. The molecule has 2 heterocycles. The van der Waals surface area contributed by atoms with E-state index in [0.717, 1.165) is 40.6 Å². The van der Waals surface area contributed by atoms with Gasteiger partial charge < -0.3 is 24.1 Å². The second-order valence-electron chi connectivity index (χ2n) is 6.91. The Labute approximate surface area is 170 Å². The van der Waals surface area contributed by atoms with E-state index in [1.807, 2.05) is 26.0 Å². The quantitative estimate of drug-likeness (QED) is 0.692. The Morgan fingerprint density at radius 1 is 1.03 bits per heavy atom. The highest BCUT2D eigenvalue weighted by molar-refractivity contribution is 5.56. The molecule has 3 aromatic rings. The maximum atomic E-state index is 13.9. The predicted octanol–water partition coefficient (Wildman–Crippen LogP) is 3.59. The lowest BCUT2D eigenvalue weighted by Crippen LogP contribution is -2.83. The molecule has 29 heavy (non-hydrogen) atoms. The number of fused-ring (bicyclic) bond motifs is 3. The summed E-state index contributed by atoms with van der Waals surface area (Å²) < 4.78 is 33.0. The third kappa shape index (κ3) is 3.56. The van der Waals surface area contributed by atoms with Crippen LogP contribution < -0.4 is 19.5 Å². The molecule has 0 saturated carbocycles. The lowest BCUT2D eigenvalue weighted by atomic mass is 10.0. The Kier molecular flexibility index (Phi) is 5.45. The van der Waals surface area contributed by atoms with Crippen molar-refractivity contribution in [2.75, 3.05) is 20.3 Å². The van der Waals surface area contributed by atoms with Crippen molar-refractivity contribution in [1.29, 1.82) is 0 Å². The Morgan fingerprint density at radius 3 is 2.52 bits per heavy atom. The second kappa shape index (κ2) is 8.17.